The average molecular weight is 365 g/mol. The number of nitriles is 1. The van der Waals surface area contributed by atoms with Gasteiger partial charge in [0.05, 0.1) is 24.7 Å². The molecule has 0 radical (unpaired) electrons. The number of benzene rings is 1. The highest BCUT2D eigenvalue weighted by atomic mass is 16.5. The molecule has 0 aliphatic carbocycles. The summed E-state index contributed by atoms with van der Waals surface area (Å²) in [6.07, 6.45) is 2.65. The summed E-state index contributed by atoms with van der Waals surface area (Å²) in [5.74, 6) is -0.816. The van der Waals surface area contributed by atoms with Crippen molar-refractivity contribution in [3.63, 3.8) is 0 Å². The second-order valence-electron chi connectivity index (χ2n) is 5.54. The molecule has 0 aliphatic heterocycles. The molecule has 2 heterocycles. The van der Waals surface area contributed by atoms with Gasteiger partial charge < -0.3 is 14.4 Å². The van der Waals surface area contributed by atoms with Crippen LogP contribution in [0.15, 0.2) is 53.4 Å². The number of aromatic nitrogens is 3. The number of para-hydroxylation sites is 1. The van der Waals surface area contributed by atoms with Crippen molar-refractivity contribution in [2.75, 3.05) is 5.32 Å². The number of ether oxygens (including phenoxy) is 1. The fourth-order valence-corrected chi connectivity index (χ4v) is 2.29. The molecule has 0 aliphatic rings. The SMILES string of the molecule is Cc1oncc1C(O)C(C#N)C(=O)Nc1ncc(Oc2ccccc2)cn1. The van der Waals surface area contributed by atoms with Crippen molar-refractivity contribution < 1.29 is 19.2 Å². The number of anilines is 1. The van der Waals surface area contributed by atoms with Crippen molar-refractivity contribution >= 4 is 11.9 Å². The van der Waals surface area contributed by atoms with Gasteiger partial charge in [-0.3, -0.25) is 10.1 Å². The average Bonchev–Trinajstić information content (AvgIpc) is 3.10. The second-order valence-corrected chi connectivity index (χ2v) is 5.54. The Morgan fingerprint density at radius 2 is 1.93 bits per heavy atom. The van der Waals surface area contributed by atoms with Crippen LogP contribution in [0.25, 0.3) is 0 Å². The van der Waals surface area contributed by atoms with E-state index in [9.17, 15) is 15.2 Å². The number of nitrogens with one attached hydrogen (secondary N) is 1. The van der Waals surface area contributed by atoms with Gasteiger partial charge in [-0.25, -0.2) is 9.97 Å². The standard InChI is InChI=1S/C18H15N5O4/c1-11-15(10-22-27-11)16(24)14(7-19)17(25)23-18-20-8-13(9-21-18)26-12-5-3-2-4-6-12/h2-6,8-10,14,16,24H,1H3,(H,20,21,23,25). The first-order valence-corrected chi connectivity index (χ1v) is 7.93. The van der Waals surface area contributed by atoms with Crippen LogP contribution in [0.2, 0.25) is 0 Å². The van der Waals surface area contributed by atoms with Crippen LogP contribution >= 0.6 is 0 Å². The first kappa shape index (κ1) is 18.0. The van der Waals surface area contributed by atoms with E-state index < -0.39 is 17.9 Å². The maximum atomic E-state index is 12.3. The summed E-state index contributed by atoms with van der Waals surface area (Å²) in [7, 11) is 0. The van der Waals surface area contributed by atoms with Crippen molar-refractivity contribution in [2.45, 2.75) is 13.0 Å². The summed E-state index contributed by atoms with van der Waals surface area (Å²) in [5, 5.41) is 25.5. The molecular weight excluding hydrogens is 350 g/mol. The maximum Gasteiger partial charge on any atom is 0.247 e. The van der Waals surface area contributed by atoms with E-state index in [1.165, 1.54) is 18.6 Å². The number of hydrogen-bond acceptors (Lipinski definition) is 8. The fourth-order valence-electron chi connectivity index (χ4n) is 2.29. The molecule has 0 saturated heterocycles. The van der Waals surface area contributed by atoms with Crippen LogP contribution in [0.4, 0.5) is 5.95 Å². The molecule has 9 nitrogen and oxygen atoms in total. The maximum absolute atomic E-state index is 12.3. The number of nitrogens with zero attached hydrogens (tertiary/aromatic N) is 4. The van der Waals surface area contributed by atoms with Crippen LogP contribution in [0.3, 0.4) is 0 Å². The third-order valence-corrected chi connectivity index (χ3v) is 3.69. The molecule has 2 N–H and O–H groups in total. The summed E-state index contributed by atoms with van der Waals surface area (Å²) in [4.78, 5) is 20.3. The van der Waals surface area contributed by atoms with Crippen LogP contribution in [0, 0.1) is 24.2 Å². The van der Waals surface area contributed by atoms with Crippen LogP contribution in [-0.4, -0.2) is 26.1 Å². The van der Waals surface area contributed by atoms with Gasteiger partial charge >= 0.3 is 0 Å². The van der Waals surface area contributed by atoms with E-state index in [1.54, 1.807) is 25.1 Å². The minimum absolute atomic E-state index is 0.0186. The largest absolute Gasteiger partial charge is 0.454 e. The Morgan fingerprint density at radius 3 is 2.52 bits per heavy atom. The zero-order chi connectivity index (χ0) is 19.2. The molecule has 136 valence electrons. The Hall–Kier alpha value is -3.77. The predicted molar refractivity (Wildman–Crippen MR) is 92.5 cm³/mol. The van der Waals surface area contributed by atoms with Gasteiger partial charge in [0, 0.05) is 5.56 Å². The fraction of sp³-hybridized carbons (Fsp3) is 0.167. The third-order valence-electron chi connectivity index (χ3n) is 3.69. The molecule has 2 aromatic heterocycles. The summed E-state index contributed by atoms with van der Waals surface area (Å²) < 4.78 is 10.4. The molecule has 3 rings (SSSR count). The lowest BCUT2D eigenvalue weighted by atomic mass is 9.97. The highest BCUT2D eigenvalue weighted by Crippen LogP contribution is 2.25. The Morgan fingerprint density at radius 1 is 1.22 bits per heavy atom. The number of amides is 1. The first-order valence-electron chi connectivity index (χ1n) is 7.93. The lowest BCUT2D eigenvalue weighted by Crippen LogP contribution is -2.28. The first-order chi connectivity index (χ1) is 13.1. The molecule has 2 unspecified atom stereocenters. The number of carbonyl (C=O) groups is 1. The monoisotopic (exact) mass is 365 g/mol. The summed E-state index contributed by atoms with van der Waals surface area (Å²) in [6.45, 7) is 1.58. The third kappa shape index (κ3) is 4.26. The number of aliphatic hydroxyl groups is 1. The van der Waals surface area contributed by atoms with E-state index in [1.807, 2.05) is 18.2 Å². The van der Waals surface area contributed by atoms with Crippen LogP contribution in [0.5, 0.6) is 11.5 Å². The van der Waals surface area contributed by atoms with Gasteiger partial charge in [-0.15, -0.1) is 0 Å². The second kappa shape index (κ2) is 8.07. The predicted octanol–water partition coefficient (Wildman–Crippen LogP) is 2.38. The topological polar surface area (TPSA) is 134 Å². The summed E-state index contributed by atoms with van der Waals surface area (Å²) >= 11 is 0. The Labute approximate surface area is 154 Å². The smallest absolute Gasteiger partial charge is 0.247 e. The van der Waals surface area contributed by atoms with E-state index in [0.717, 1.165) is 0 Å². The van der Waals surface area contributed by atoms with Crippen molar-refractivity contribution in [3.8, 4) is 17.6 Å². The molecular formula is C18H15N5O4. The zero-order valence-corrected chi connectivity index (χ0v) is 14.2. The van der Waals surface area contributed by atoms with Crippen molar-refractivity contribution in [3.05, 3.63) is 60.2 Å². The van der Waals surface area contributed by atoms with E-state index in [2.05, 4.69) is 20.4 Å². The molecule has 27 heavy (non-hydrogen) atoms. The number of rotatable bonds is 6. The lowest BCUT2D eigenvalue weighted by Gasteiger charge is -2.14. The molecule has 1 amide bonds. The van der Waals surface area contributed by atoms with Crippen LogP contribution in [-0.2, 0) is 4.79 Å². The number of carbonyl (C=O) groups excluding carboxylic acids is 1. The number of aliphatic hydroxyl groups excluding tert-OH is 1. The van der Waals surface area contributed by atoms with Gasteiger partial charge in [0.2, 0.25) is 11.9 Å². The molecule has 0 saturated carbocycles. The van der Waals surface area contributed by atoms with Crippen LogP contribution < -0.4 is 10.1 Å². The van der Waals surface area contributed by atoms with Gasteiger partial charge in [0.25, 0.3) is 0 Å². The van der Waals surface area contributed by atoms with Gasteiger partial charge in [-0.1, -0.05) is 23.4 Å². The minimum atomic E-state index is -1.39. The summed E-state index contributed by atoms with van der Waals surface area (Å²) in [6, 6.07) is 10.8. The Balaban J connectivity index is 1.66. The highest BCUT2D eigenvalue weighted by molar-refractivity contribution is 5.93. The Bertz CT molecular complexity index is 950. The van der Waals surface area contributed by atoms with Crippen molar-refractivity contribution in [2.24, 2.45) is 5.92 Å². The minimum Gasteiger partial charge on any atom is -0.454 e. The molecule has 0 fully saturated rings. The van der Waals surface area contributed by atoms with Gasteiger partial charge in [0.1, 0.15) is 17.6 Å². The molecule has 0 bridgehead atoms. The van der Waals surface area contributed by atoms with Gasteiger partial charge in [0.15, 0.2) is 11.7 Å². The lowest BCUT2D eigenvalue weighted by molar-refractivity contribution is -0.121. The normalized spacial score (nSPS) is 12.6. The molecule has 0 spiro atoms. The summed E-state index contributed by atoms with van der Waals surface area (Å²) in [5.41, 5.74) is 0.268. The van der Waals surface area contributed by atoms with Crippen molar-refractivity contribution in [1.82, 2.24) is 15.1 Å². The van der Waals surface area contributed by atoms with E-state index >= 15 is 0 Å². The van der Waals surface area contributed by atoms with Gasteiger partial charge in [-0.05, 0) is 19.1 Å². The van der Waals surface area contributed by atoms with Gasteiger partial charge in [-0.2, -0.15) is 5.26 Å². The Kier molecular flexibility index (Phi) is 5.39. The van der Waals surface area contributed by atoms with Crippen molar-refractivity contribution in [1.29, 1.82) is 5.26 Å². The highest BCUT2D eigenvalue weighted by Gasteiger charge is 2.31. The molecule has 9 heteroatoms. The van der Waals surface area contributed by atoms with E-state index in [4.69, 9.17) is 9.26 Å². The van der Waals surface area contributed by atoms with E-state index in [0.29, 0.717) is 17.3 Å². The zero-order valence-electron chi connectivity index (χ0n) is 14.2. The van der Waals surface area contributed by atoms with Crippen LogP contribution in [0.1, 0.15) is 17.4 Å². The molecule has 2 atom stereocenters. The number of hydrogen-bond donors (Lipinski definition) is 2. The number of aryl methyl sites for hydroxylation is 1. The molecule has 3 aromatic rings. The quantitative estimate of drug-likeness (QED) is 0.680. The van der Waals surface area contributed by atoms with E-state index in [-0.39, 0.29) is 11.5 Å². The molecule has 1 aromatic carbocycles.